The smallest absolute Gasteiger partial charge is 0.0247 e. The van der Waals surface area contributed by atoms with E-state index in [1.807, 2.05) is 24.3 Å². The van der Waals surface area contributed by atoms with Crippen molar-refractivity contribution in [3.63, 3.8) is 0 Å². The summed E-state index contributed by atoms with van der Waals surface area (Å²) in [5, 5.41) is 8.32. The first-order valence-electron chi connectivity index (χ1n) is 3.61. The average molecular weight is 239 g/mol. The molecule has 3 heteroatoms. The molecule has 0 aliphatic rings. The molecular weight excluding hydrogens is 227 g/mol. The summed E-state index contributed by atoms with van der Waals surface area (Å²) in [5.41, 5.74) is 4.34. The molecule has 0 fully saturated rings. The van der Waals surface area contributed by atoms with Crippen molar-refractivity contribution in [3.8, 4) is 0 Å². The van der Waals surface area contributed by atoms with Gasteiger partial charge in [0.05, 0.1) is 0 Å². The number of hydrogen-bond acceptors (Lipinski definition) is 2. The van der Waals surface area contributed by atoms with Crippen LogP contribution in [0.2, 0.25) is 0 Å². The third-order valence-electron chi connectivity index (χ3n) is 1.55. The molecular formula is C9H12NOY-. The van der Waals surface area contributed by atoms with Gasteiger partial charge in [0.2, 0.25) is 0 Å². The second-order valence-corrected chi connectivity index (χ2v) is 2.47. The molecule has 0 aliphatic heterocycles. The minimum Gasteiger partial charge on any atom is -0.317 e. The zero-order valence-electron chi connectivity index (χ0n) is 6.96. The van der Waals surface area contributed by atoms with Gasteiger partial charge in [-0.3, -0.25) is 0 Å². The molecule has 1 aromatic rings. The van der Waals surface area contributed by atoms with E-state index in [0.29, 0.717) is 6.54 Å². The Morgan fingerprint density at radius 1 is 1.25 bits per heavy atom. The predicted octanol–water partition coefficient (Wildman–Crippen LogP) is 1.39. The van der Waals surface area contributed by atoms with E-state index in [1.54, 1.807) is 0 Å². The van der Waals surface area contributed by atoms with E-state index in [4.69, 9.17) is 5.21 Å². The van der Waals surface area contributed by atoms with Crippen molar-refractivity contribution in [2.75, 3.05) is 6.54 Å². The molecule has 0 aliphatic carbocycles. The van der Waals surface area contributed by atoms with E-state index < -0.39 is 0 Å². The maximum absolute atomic E-state index is 8.32. The van der Waals surface area contributed by atoms with Crippen molar-refractivity contribution in [3.05, 3.63) is 42.3 Å². The SMILES string of the molecule is [CH2-]c1ccc(CCNO)cc1.[Y]. The van der Waals surface area contributed by atoms with Crippen LogP contribution in [-0.2, 0) is 39.1 Å². The monoisotopic (exact) mass is 239 g/mol. The Kier molecular flexibility index (Phi) is 6.67. The van der Waals surface area contributed by atoms with Crippen molar-refractivity contribution in [1.82, 2.24) is 5.48 Å². The van der Waals surface area contributed by atoms with E-state index in [1.165, 1.54) is 5.56 Å². The van der Waals surface area contributed by atoms with Crippen molar-refractivity contribution in [1.29, 1.82) is 0 Å². The first-order chi connectivity index (χ1) is 5.33. The molecule has 0 unspecified atom stereocenters. The van der Waals surface area contributed by atoms with Crippen LogP contribution in [-0.4, -0.2) is 11.8 Å². The number of benzene rings is 1. The molecule has 0 bridgehead atoms. The van der Waals surface area contributed by atoms with Gasteiger partial charge in [-0.2, -0.15) is 24.6 Å². The molecule has 12 heavy (non-hydrogen) atoms. The van der Waals surface area contributed by atoms with Crippen LogP contribution in [0.25, 0.3) is 0 Å². The molecule has 0 heterocycles. The van der Waals surface area contributed by atoms with Gasteiger partial charge in [-0.15, -0.1) is 12.1 Å². The number of nitrogens with one attached hydrogen (secondary N) is 1. The quantitative estimate of drug-likeness (QED) is 0.617. The van der Waals surface area contributed by atoms with E-state index in [-0.39, 0.29) is 32.7 Å². The first-order valence-corrected chi connectivity index (χ1v) is 3.61. The summed E-state index contributed by atoms with van der Waals surface area (Å²) in [5.74, 6) is 0. The molecule has 0 atom stereocenters. The fourth-order valence-electron chi connectivity index (χ4n) is 0.906. The van der Waals surface area contributed by atoms with Crippen molar-refractivity contribution >= 4 is 0 Å². The van der Waals surface area contributed by atoms with Crippen molar-refractivity contribution in [2.24, 2.45) is 0 Å². The number of hydrogen-bond donors (Lipinski definition) is 2. The second-order valence-electron chi connectivity index (χ2n) is 2.47. The Balaban J connectivity index is 0.00000121. The maximum atomic E-state index is 8.32. The molecule has 63 valence electrons. The molecule has 2 nitrogen and oxygen atoms in total. The molecule has 0 spiro atoms. The van der Waals surface area contributed by atoms with Crippen LogP contribution in [0.5, 0.6) is 0 Å². The summed E-state index contributed by atoms with van der Waals surface area (Å²) in [7, 11) is 0. The molecule has 1 rings (SSSR count). The summed E-state index contributed by atoms with van der Waals surface area (Å²) in [6.45, 7) is 4.37. The summed E-state index contributed by atoms with van der Waals surface area (Å²) in [4.78, 5) is 0. The minimum atomic E-state index is 0. The fourth-order valence-corrected chi connectivity index (χ4v) is 0.906. The van der Waals surface area contributed by atoms with Crippen LogP contribution in [0.1, 0.15) is 11.1 Å². The van der Waals surface area contributed by atoms with Gasteiger partial charge in [0.15, 0.2) is 0 Å². The minimum absolute atomic E-state index is 0. The van der Waals surface area contributed by atoms with E-state index in [9.17, 15) is 0 Å². The summed E-state index contributed by atoms with van der Waals surface area (Å²) >= 11 is 0. The molecule has 2 N–H and O–H groups in total. The first kappa shape index (κ1) is 12.1. The van der Waals surface area contributed by atoms with E-state index in [0.717, 1.165) is 12.0 Å². The summed E-state index contributed by atoms with van der Waals surface area (Å²) in [6.07, 6.45) is 0.844. The Bertz CT molecular complexity index is 210. The van der Waals surface area contributed by atoms with Gasteiger partial charge in [0.25, 0.3) is 0 Å². The van der Waals surface area contributed by atoms with Crippen molar-refractivity contribution in [2.45, 2.75) is 6.42 Å². The van der Waals surface area contributed by atoms with Crippen molar-refractivity contribution < 1.29 is 37.9 Å². The Hall–Kier alpha value is 0.114. The topological polar surface area (TPSA) is 32.3 Å². The van der Waals surface area contributed by atoms with Gasteiger partial charge >= 0.3 is 0 Å². The maximum Gasteiger partial charge on any atom is 0.0247 e. The number of hydroxylamine groups is 1. The Morgan fingerprint density at radius 2 is 1.83 bits per heavy atom. The summed E-state index contributed by atoms with van der Waals surface area (Å²) < 4.78 is 0. The van der Waals surface area contributed by atoms with Crippen LogP contribution in [0.4, 0.5) is 0 Å². The van der Waals surface area contributed by atoms with Crippen LogP contribution >= 0.6 is 0 Å². The van der Waals surface area contributed by atoms with Gasteiger partial charge in [0, 0.05) is 39.3 Å². The predicted molar refractivity (Wildman–Crippen MR) is 44.4 cm³/mol. The molecule has 1 radical (unpaired) electrons. The van der Waals surface area contributed by atoms with E-state index >= 15 is 0 Å². The summed E-state index contributed by atoms with van der Waals surface area (Å²) in [6, 6.07) is 7.96. The standard InChI is InChI=1S/C9H12NO.Y/c1-8-2-4-9(5-3-8)6-7-10-11;/h2-5,10-11H,1,6-7H2;/q-1;. The molecule has 0 saturated carbocycles. The zero-order chi connectivity index (χ0) is 8.10. The van der Waals surface area contributed by atoms with Crippen LogP contribution in [0, 0.1) is 6.92 Å². The molecule has 0 saturated heterocycles. The van der Waals surface area contributed by atoms with Crippen LogP contribution < -0.4 is 5.48 Å². The fraction of sp³-hybridized carbons (Fsp3) is 0.222. The normalized spacial score (nSPS) is 9.08. The molecule has 1 aromatic carbocycles. The zero-order valence-corrected chi connectivity index (χ0v) is 9.79. The van der Waals surface area contributed by atoms with Gasteiger partial charge in [-0.05, 0) is 6.42 Å². The largest absolute Gasteiger partial charge is 0.317 e. The average Bonchev–Trinajstić information content (AvgIpc) is 2.04. The Morgan fingerprint density at radius 3 is 2.33 bits per heavy atom. The van der Waals surface area contributed by atoms with Gasteiger partial charge in [0.1, 0.15) is 0 Å². The van der Waals surface area contributed by atoms with E-state index in [2.05, 4.69) is 12.4 Å². The third kappa shape index (κ3) is 4.22. The molecule has 0 amide bonds. The Labute approximate surface area is 98.2 Å². The van der Waals surface area contributed by atoms with Crippen LogP contribution in [0.15, 0.2) is 24.3 Å². The van der Waals surface area contributed by atoms with Gasteiger partial charge < -0.3 is 5.21 Å². The third-order valence-corrected chi connectivity index (χ3v) is 1.55. The van der Waals surface area contributed by atoms with Gasteiger partial charge in [-0.1, -0.05) is 5.56 Å². The number of rotatable bonds is 3. The molecule has 0 aromatic heterocycles. The second kappa shape index (κ2) is 6.61. The van der Waals surface area contributed by atoms with Gasteiger partial charge in [-0.25, -0.2) is 5.48 Å². The van der Waals surface area contributed by atoms with Crippen LogP contribution in [0.3, 0.4) is 0 Å².